The summed E-state index contributed by atoms with van der Waals surface area (Å²) in [6, 6.07) is 20.8. The lowest BCUT2D eigenvalue weighted by Gasteiger charge is -2.17. The molecule has 7 heteroatoms. The summed E-state index contributed by atoms with van der Waals surface area (Å²) in [4.78, 5) is 0. The number of rotatable bonds is 9. The van der Waals surface area contributed by atoms with E-state index in [9.17, 15) is 17.6 Å². The average molecular weight is 433 g/mol. The van der Waals surface area contributed by atoms with Crippen LogP contribution in [0.1, 0.15) is 30.9 Å². The molecule has 0 spiro atoms. The number of ether oxygens (including phenoxy) is 2. The van der Waals surface area contributed by atoms with E-state index in [0.29, 0.717) is 17.2 Å². The Hall–Kier alpha value is -3.22. The molecule has 0 heterocycles. The van der Waals surface area contributed by atoms with Crippen LogP contribution in [-0.2, 0) is 6.54 Å². The van der Waals surface area contributed by atoms with Crippen molar-refractivity contribution in [1.82, 2.24) is 0 Å². The van der Waals surface area contributed by atoms with Crippen molar-refractivity contribution >= 4 is 5.69 Å². The zero-order chi connectivity index (χ0) is 22.4. The standard InChI is InChI=1S/C24H23F4NO2/c1-16(2)18-7-4-9-20(13-18)30-21-10-5-8-19(14-21)29-15-17-6-3-11-22(12-17)31-24(27,28)23(25)26/h3-14,16,23,29H,15H2,1-2H3. The molecule has 3 aromatic rings. The second-order valence-corrected chi connectivity index (χ2v) is 7.32. The summed E-state index contributed by atoms with van der Waals surface area (Å²) in [5.41, 5.74) is 2.52. The quantitative estimate of drug-likeness (QED) is 0.356. The van der Waals surface area contributed by atoms with Crippen LogP contribution in [0, 0.1) is 0 Å². The summed E-state index contributed by atoms with van der Waals surface area (Å²) in [6.45, 7) is 4.50. The van der Waals surface area contributed by atoms with Gasteiger partial charge in [-0.15, -0.1) is 0 Å². The molecule has 31 heavy (non-hydrogen) atoms. The molecule has 1 N–H and O–H groups in total. The van der Waals surface area contributed by atoms with Crippen LogP contribution in [0.25, 0.3) is 0 Å². The van der Waals surface area contributed by atoms with Crippen molar-refractivity contribution in [3.05, 3.63) is 83.9 Å². The maximum atomic E-state index is 13.1. The van der Waals surface area contributed by atoms with Gasteiger partial charge in [-0.3, -0.25) is 0 Å². The van der Waals surface area contributed by atoms with Crippen LogP contribution in [0.15, 0.2) is 72.8 Å². The molecule has 3 aromatic carbocycles. The summed E-state index contributed by atoms with van der Waals surface area (Å²) >= 11 is 0. The van der Waals surface area contributed by atoms with E-state index in [1.165, 1.54) is 23.8 Å². The highest BCUT2D eigenvalue weighted by molar-refractivity contribution is 5.50. The van der Waals surface area contributed by atoms with Crippen LogP contribution in [0.5, 0.6) is 17.2 Å². The van der Waals surface area contributed by atoms with Gasteiger partial charge < -0.3 is 14.8 Å². The molecule has 0 aromatic heterocycles. The fourth-order valence-electron chi connectivity index (χ4n) is 2.87. The average Bonchev–Trinajstić information content (AvgIpc) is 2.72. The highest BCUT2D eigenvalue weighted by Gasteiger charge is 2.43. The molecule has 0 fully saturated rings. The van der Waals surface area contributed by atoms with Crippen LogP contribution < -0.4 is 14.8 Å². The third kappa shape index (κ3) is 6.38. The van der Waals surface area contributed by atoms with E-state index in [4.69, 9.17) is 4.74 Å². The molecule has 0 amide bonds. The van der Waals surface area contributed by atoms with Crippen molar-refractivity contribution in [3.63, 3.8) is 0 Å². The van der Waals surface area contributed by atoms with E-state index in [-0.39, 0.29) is 12.3 Å². The summed E-state index contributed by atoms with van der Waals surface area (Å²) in [6.07, 6.45) is -8.44. The van der Waals surface area contributed by atoms with Gasteiger partial charge in [0.2, 0.25) is 0 Å². The predicted octanol–water partition coefficient (Wildman–Crippen LogP) is 7.45. The minimum absolute atomic E-state index is 0.281. The van der Waals surface area contributed by atoms with E-state index in [1.807, 2.05) is 48.5 Å². The van der Waals surface area contributed by atoms with E-state index < -0.39 is 12.5 Å². The first-order chi connectivity index (χ1) is 14.7. The molecule has 0 saturated heterocycles. The highest BCUT2D eigenvalue weighted by atomic mass is 19.3. The van der Waals surface area contributed by atoms with Crippen LogP contribution in [-0.4, -0.2) is 12.5 Å². The monoisotopic (exact) mass is 433 g/mol. The first kappa shape index (κ1) is 22.5. The molecule has 3 nitrogen and oxygen atoms in total. The van der Waals surface area contributed by atoms with E-state index in [0.717, 1.165) is 11.4 Å². The number of nitrogens with one attached hydrogen (secondary N) is 1. The lowest BCUT2D eigenvalue weighted by molar-refractivity contribution is -0.253. The van der Waals surface area contributed by atoms with Gasteiger partial charge in [0.1, 0.15) is 17.2 Å². The van der Waals surface area contributed by atoms with Crippen molar-refractivity contribution in [2.24, 2.45) is 0 Å². The number of benzene rings is 3. The zero-order valence-electron chi connectivity index (χ0n) is 17.1. The highest BCUT2D eigenvalue weighted by Crippen LogP contribution is 2.29. The molecule has 164 valence electrons. The maximum Gasteiger partial charge on any atom is 0.461 e. The lowest BCUT2D eigenvalue weighted by Crippen LogP contribution is -2.33. The Balaban J connectivity index is 1.64. The Morgan fingerprint density at radius 1 is 0.839 bits per heavy atom. The molecular weight excluding hydrogens is 410 g/mol. The number of halogens is 4. The molecule has 0 atom stereocenters. The van der Waals surface area contributed by atoms with Crippen LogP contribution >= 0.6 is 0 Å². The van der Waals surface area contributed by atoms with Crippen LogP contribution in [0.2, 0.25) is 0 Å². The smallest absolute Gasteiger partial charge is 0.457 e. The van der Waals surface area contributed by atoms with Gasteiger partial charge in [-0.1, -0.05) is 44.2 Å². The topological polar surface area (TPSA) is 30.5 Å². The Bertz CT molecular complexity index is 1010. The summed E-state index contributed by atoms with van der Waals surface area (Å²) in [5.74, 6) is 1.43. The normalized spacial score (nSPS) is 11.6. The summed E-state index contributed by atoms with van der Waals surface area (Å²) in [5, 5.41) is 3.16. The third-order valence-electron chi connectivity index (χ3n) is 4.50. The number of hydrogen-bond acceptors (Lipinski definition) is 3. The zero-order valence-corrected chi connectivity index (χ0v) is 17.1. The minimum atomic E-state index is -4.54. The second kappa shape index (κ2) is 9.73. The van der Waals surface area contributed by atoms with Gasteiger partial charge in [-0.05, 0) is 53.4 Å². The van der Waals surface area contributed by atoms with Gasteiger partial charge in [-0.25, -0.2) is 0 Å². The van der Waals surface area contributed by atoms with Crippen molar-refractivity contribution in [2.45, 2.75) is 38.8 Å². The van der Waals surface area contributed by atoms with Gasteiger partial charge in [0.25, 0.3) is 0 Å². The summed E-state index contributed by atoms with van der Waals surface area (Å²) in [7, 11) is 0. The van der Waals surface area contributed by atoms with E-state index in [1.54, 1.807) is 6.07 Å². The molecule has 0 unspecified atom stereocenters. The van der Waals surface area contributed by atoms with Gasteiger partial charge >= 0.3 is 12.5 Å². The third-order valence-corrected chi connectivity index (χ3v) is 4.50. The van der Waals surface area contributed by atoms with Gasteiger partial charge in [0.15, 0.2) is 0 Å². The number of hydrogen-bond donors (Lipinski definition) is 1. The Morgan fingerprint density at radius 3 is 2.19 bits per heavy atom. The molecule has 0 aliphatic rings. The first-order valence-electron chi connectivity index (χ1n) is 9.78. The maximum absolute atomic E-state index is 13.1. The van der Waals surface area contributed by atoms with Gasteiger partial charge in [-0.2, -0.15) is 17.6 Å². The van der Waals surface area contributed by atoms with Crippen LogP contribution in [0.3, 0.4) is 0 Å². The fraction of sp³-hybridized carbons (Fsp3) is 0.250. The first-order valence-corrected chi connectivity index (χ1v) is 9.78. The predicted molar refractivity (Wildman–Crippen MR) is 112 cm³/mol. The van der Waals surface area contributed by atoms with E-state index in [2.05, 4.69) is 23.9 Å². The molecule has 0 aliphatic carbocycles. The molecule has 3 rings (SSSR count). The second-order valence-electron chi connectivity index (χ2n) is 7.32. The van der Waals surface area contributed by atoms with Crippen molar-refractivity contribution in [1.29, 1.82) is 0 Å². The Morgan fingerprint density at radius 2 is 1.48 bits per heavy atom. The molecular formula is C24H23F4NO2. The molecule has 0 bridgehead atoms. The number of alkyl halides is 4. The molecule has 0 radical (unpaired) electrons. The lowest BCUT2D eigenvalue weighted by atomic mass is 10.0. The molecule has 0 saturated carbocycles. The number of anilines is 1. The van der Waals surface area contributed by atoms with Crippen molar-refractivity contribution in [2.75, 3.05) is 5.32 Å². The molecule has 0 aliphatic heterocycles. The van der Waals surface area contributed by atoms with Gasteiger partial charge in [0, 0.05) is 18.3 Å². The Kier molecular flexibility index (Phi) is 7.05. The minimum Gasteiger partial charge on any atom is -0.457 e. The van der Waals surface area contributed by atoms with E-state index >= 15 is 0 Å². The fourth-order valence-corrected chi connectivity index (χ4v) is 2.87. The Labute approximate surface area is 178 Å². The van der Waals surface area contributed by atoms with Crippen LogP contribution in [0.4, 0.5) is 23.2 Å². The van der Waals surface area contributed by atoms with Gasteiger partial charge in [0.05, 0.1) is 0 Å². The summed E-state index contributed by atoms with van der Waals surface area (Å²) < 4.78 is 60.9. The SMILES string of the molecule is CC(C)c1cccc(Oc2cccc(NCc3cccc(OC(F)(F)C(F)F)c3)c2)c1. The van der Waals surface area contributed by atoms with Crippen molar-refractivity contribution < 1.29 is 27.0 Å². The largest absolute Gasteiger partial charge is 0.461 e. The van der Waals surface area contributed by atoms with Crippen molar-refractivity contribution in [3.8, 4) is 17.2 Å².